The van der Waals surface area contributed by atoms with Gasteiger partial charge in [-0.1, -0.05) is 0 Å². The second kappa shape index (κ2) is 6.77. The lowest BCUT2D eigenvalue weighted by Gasteiger charge is -2.39. The van der Waals surface area contributed by atoms with Gasteiger partial charge in [-0.15, -0.1) is 0 Å². The summed E-state index contributed by atoms with van der Waals surface area (Å²) in [6.07, 6.45) is 0. The van der Waals surface area contributed by atoms with Gasteiger partial charge in [-0.2, -0.15) is 0 Å². The number of anilines is 1. The minimum Gasteiger partial charge on any atom is -0.323 e. The van der Waals surface area contributed by atoms with Gasteiger partial charge in [0.2, 0.25) is 5.91 Å². The summed E-state index contributed by atoms with van der Waals surface area (Å²) in [6.45, 7) is 9.59. The summed E-state index contributed by atoms with van der Waals surface area (Å²) in [6, 6.07) is 4.00. The molecule has 2 N–H and O–H groups in total. The largest absolute Gasteiger partial charge is 0.323 e. The Morgan fingerprint density at radius 1 is 1.24 bits per heavy atom. The first kappa shape index (κ1) is 16.9. The SMILES string of the molecule is Cc1cc(Br)c(NC(=O)C(C)(C)N2CCNCC2)c(Br)c1. The van der Waals surface area contributed by atoms with E-state index in [1.807, 2.05) is 32.9 Å². The molecule has 1 saturated heterocycles. The fourth-order valence-corrected chi connectivity index (χ4v) is 4.07. The third kappa shape index (κ3) is 3.86. The first-order valence-electron chi connectivity index (χ1n) is 7.05. The number of nitrogens with one attached hydrogen (secondary N) is 2. The summed E-state index contributed by atoms with van der Waals surface area (Å²) >= 11 is 7.04. The van der Waals surface area contributed by atoms with Crippen LogP contribution in [0.2, 0.25) is 0 Å². The molecule has 116 valence electrons. The minimum absolute atomic E-state index is 0.00894. The third-order valence-corrected chi connectivity index (χ3v) is 5.14. The van der Waals surface area contributed by atoms with Crippen LogP contribution in [-0.4, -0.2) is 42.5 Å². The lowest BCUT2D eigenvalue weighted by molar-refractivity contribution is -0.126. The van der Waals surface area contributed by atoms with E-state index in [-0.39, 0.29) is 5.91 Å². The van der Waals surface area contributed by atoms with E-state index in [2.05, 4.69) is 47.4 Å². The topological polar surface area (TPSA) is 44.4 Å². The quantitative estimate of drug-likeness (QED) is 0.792. The van der Waals surface area contributed by atoms with E-state index in [1.165, 1.54) is 0 Å². The van der Waals surface area contributed by atoms with E-state index in [0.29, 0.717) is 0 Å². The number of rotatable bonds is 3. The van der Waals surface area contributed by atoms with Crippen LogP contribution < -0.4 is 10.6 Å². The van der Waals surface area contributed by atoms with Crippen LogP contribution in [0, 0.1) is 6.92 Å². The Hall–Kier alpha value is -0.430. The Bertz CT molecular complexity index is 517. The minimum atomic E-state index is -0.536. The van der Waals surface area contributed by atoms with Crippen molar-refractivity contribution in [2.24, 2.45) is 0 Å². The van der Waals surface area contributed by atoms with E-state index in [0.717, 1.165) is 46.4 Å². The predicted octanol–water partition coefficient (Wildman–Crippen LogP) is 3.14. The molecule has 1 aromatic rings. The molecule has 0 aliphatic carbocycles. The van der Waals surface area contributed by atoms with Crippen molar-refractivity contribution >= 4 is 43.5 Å². The molecule has 0 aromatic heterocycles. The average Bonchev–Trinajstić information content (AvgIpc) is 2.43. The highest BCUT2D eigenvalue weighted by Gasteiger charge is 2.35. The normalized spacial score (nSPS) is 16.8. The van der Waals surface area contributed by atoms with Crippen molar-refractivity contribution in [3.63, 3.8) is 0 Å². The lowest BCUT2D eigenvalue weighted by Crippen LogP contribution is -2.58. The highest BCUT2D eigenvalue weighted by Crippen LogP contribution is 2.33. The maximum absolute atomic E-state index is 12.7. The molecule has 1 aliphatic rings. The van der Waals surface area contributed by atoms with Gasteiger partial charge in [-0.05, 0) is 70.3 Å². The predicted molar refractivity (Wildman–Crippen MR) is 93.7 cm³/mol. The van der Waals surface area contributed by atoms with Crippen LogP contribution in [0.5, 0.6) is 0 Å². The molecular weight excluding hydrogens is 398 g/mol. The van der Waals surface area contributed by atoms with Crippen molar-refractivity contribution < 1.29 is 4.79 Å². The molecule has 2 rings (SSSR count). The molecule has 0 spiro atoms. The van der Waals surface area contributed by atoms with E-state index in [9.17, 15) is 4.79 Å². The highest BCUT2D eigenvalue weighted by atomic mass is 79.9. The number of aryl methyl sites for hydroxylation is 1. The number of hydrogen-bond acceptors (Lipinski definition) is 3. The number of benzene rings is 1. The number of halogens is 2. The molecule has 1 fully saturated rings. The fourth-order valence-electron chi connectivity index (χ4n) is 2.45. The molecule has 0 radical (unpaired) electrons. The molecule has 4 nitrogen and oxygen atoms in total. The monoisotopic (exact) mass is 417 g/mol. The van der Waals surface area contributed by atoms with Crippen molar-refractivity contribution in [2.75, 3.05) is 31.5 Å². The maximum Gasteiger partial charge on any atom is 0.244 e. The molecular formula is C15H21Br2N3O. The van der Waals surface area contributed by atoms with Crippen LogP contribution in [0.25, 0.3) is 0 Å². The van der Waals surface area contributed by atoms with Gasteiger partial charge in [0.05, 0.1) is 11.2 Å². The average molecular weight is 419 g/mol. The highest BCUT2D eigenvalue weighted by molar-refractivity contribution is 9.11. The molecule has 1 heterocycles. The summed E-state index contributed by atoms with van der Waals surface area (Å²) in [5.74, 6) is 0.00894. The Labute approximate surface area is 142 Å². The van der Waals surface area contributed by atoms with E-state index in [4.69, 9.17) is 0 Å². The van der Waals surface area contributed by atoms with Gasteiger partial charge in [0.25, 0.3) is 0 Å². The number of piperazine rings is 1. The van der Waals surface area contributed by atoms with Gasteiger partial charge in [0, 0.05) is 35.1 Å². The number of carbonyl (C=O) groups is 1. The number of carbonyl (C=O) groups excluding carboxylic acids is 1. The van der Waals surface area contributed by atoms with Crippen molar-refractivity contribution in [3.05, 3.63) is 26.6 Å². The lowest BCUT2D eigenvalue weighted by atomic mass is 10.00. The standard InChI is InChI=1S/C15H21Br2N3O/c1-10-8-11(16)13(12(17)9-10)19-14(21)15(2,3)20-6-4-18-5-7-20/h8-9,18H,4-7H2,1-3H3,(H,19,21). The van der Waals surface area contributed by atoms with Crippen LogP contribution in [0.15, 0.2) is 21.1 Å². The van der Waals surface area contributed by atoms with Gasteiger partial charge >= 0.3 is 0 Å². The van der Waals surface area contributed by atoms with E-state index in [1.54, 1.807) is 0 Å². The van der Waals surface area contributed by atoms with Gasteiger partial charge < -0.3 is 10.6 Å². The molecule has 21 heavy (non-hydrogen) atoms. The van der Waals surface area contributed by atoms with Crippen LogP contribution in [0.4, 0.5) is 5.69 Å². The Morgan fingerprint density at radius 2 is 1.76 bits per heavy atom. The van der Waals surface area contributed by atoms with Gasteiger partial charge in [-0.3, -0.25) is 9.69 Å². The second-order valence-corrected chi connectivity index (χ2v) is 7.56. The third-order valence-electron chi connectivity index (χ3n) is 3.89. The van der Waals surface area contributed by atoms with Crippen molar-refractivity contribution in [1.82, 2.24) is 10.2 Å². The summed E-state index contributed by atoms with van der Waals surface area (Å²) in [7, 11) is 0. The Balaban J connectivity index is 2.17. The number of hydrogen-bond donors (Lipinski definition) is 2. The molecule has 1 amide bonds. The molecule has 0 atom stereocenters. The maximum atomic E-state index is 12.7. The number of nitrogens with zero attached hydrogens (tertiary/aromatic N) is 1. The van der Waals surface area contributed by atoms with Crippen LogP contribution >= 0.6 is 31.9 Å². The Morgan fingerprint density at radius 3 is 2.29 bits per heavy atom. The van der Waals surface area contributed by atoms with Gasteiger partial charge in [0.1, 0.15) is 0 Å². The molecule has 0 bridgehead atoms. The van der Waals surface area contributed by atoms with Crippen LogP contribution in [-0.2, 0) is 4.79 Å². The summed E-state index contributed by atoms with van der Waals surface area (Å²) in [4.78, 5) is 14.9. The molecule has 1 aliphatic heterocycles. The molecule has 1 aromatic carbocycles. The first-order valence-corrected chi connectivity index (χ1v) is 8.64. The van der Waals surface area contributed by atoms with Gasteiger partial charge in [-0.25, -0.2) is 0 Å². The van der Waals surface area contributed by atoms with E-state index < -0.39 is 5.54 Å². The zero-order valence-electron chi connectivity index (χ0n) is 12.6. The first-order chi connectivity index (χ1) is 9.82. The Kier molecular flexibility index (Phi) is 5.46. The van der Waals surface area contributed by atoms with E-state index >= 15 is 0 Å². The molecule has 6 heteroatoms. The summed E-state index contributed by atoms with van der Waals surface area (Å²) < 4.78 is 1.78. The zero-order chi connectivity index (χ0) is 15.6. The van der Waals surface area contributed by atoms with Crippen molar-refractivity contribution in [3.8, 4) is 0 Å². The zero-order valence-corrected chi connectivity index (χ0v) is 15.8. The summed E-state index contributed by atoms with van der Waals surface area (Å²) in [5.41, 5.74) is 1.38. The van der Waals surface area contributed by atoms with Gasteiger partial charge in [0.15, 0.2) is 0 Å². The molecule has 0 unspecified atom stereocenters. The van der Waals surface area contributed by atoms with Crippen molar-refractivity contribution in [1.29, 1.82) is 0 Å². The number of amides is 1. The second-order valence-electron chi connectivity index (χ2n) is 5.85. The van der Waals surface area contributed by atoms with Crippen molar-refractivity contribution in [2.45, 2.75) is 26.3 Å². The fraction of sp³-hybridized carbons (Fsp3) is 0.533. The smallest absolute Gasteiger partial charge is 0.244 e. The molecule has 0 saturated carbocycles. The van der Waals surface area contributed by atoms with Crippen LogP contribution in [0.3, 0.4) is 0 Å². The summed E-state index contributed by atoms with van der Waals surface area (Å²) in [5, 5.41) is 6.36. The van der Waals surface area contributed by atoms with Crippen LogP contribution in [0.1, 0.15) is 19.4 Å².